The minimum absolute atomic E-state index is 0.0422. The molecular formula is C15H13FN2O2. The lowest BCUT2D eigenvalue weighted by Crippen LogP contribution is -2.18. The molecule has 20 heavy (non-hydrogen) atoms. The van der Waals surface area contributed by atoms with Crippen LogP contribution in [-0.2, 0) is 0 Å². The van der Waals surface area contributed by atoms with Crippen molar-refractivity contribution in [3.63, 3.8) is 0 Å². The Hall–Kier alpha value is -2.69. The molecule has 0 heterocycles. The predicted octanol–water partition coefficient (Wildman–Crippen LogP) is 2.60. The van der Waals surface area contributed by atoms with E-state index in [0.717, 1.165) is 11.3 Å². The number of amides is 1. The highest BCUT2D eigenvalue weighted by Crippen LogP contribution is 2.09. The highest BCUT2D eigenvalue weighted by molar-refractivity contribution is 5.95. The summed E-state index contributed by atoms with van der Waals surface area (Å²) in [4.78, 5) is 11.7. The van der Waals surface area contributed by atoms with Crippen LogP contribution in [0.4, 0.5) is 4.39 Å². The van der Waals surface area contributed by atoms with Gasteiger partial charge in [-0.3, -0.25) is 4.79 Å². The molecule has 2 aromatic carbocycles. The average Bonchev–Trinajstić information content (AvgIpc) is 2.48. The molecule has 0 spiro atoms. The zero-order valence-corrected chi connectivity index (χ0v) is 10.8. The molecule has 0 aliphatic rings. The second-order valence-corrected chi connectivity index (χ2v) is 3.95. The number of hydrogen-bond donors (Lipinski definition) is 1. The van der Waals surface area contributed by atoms with Gasteiger partial charge in [0.25, 0.3) is 5.91 Å². The molecule has 0 aliphatic heterocycles. The normalized spacial score (nSPS) is 10.5. The number of rotatable bonds is 4. The van der Waals surface area contributed by atoms with E-state index in [4.69, 9.17) is 4.74 Å². The first kappa shape index (κ1) is 13.7. The number of hydrazone groups is 1. The van der Waals surface area contributed by atoms with E-state index in [1.807, 2.05) is 0 Å². The fourth-order valence-corrected chi connectivity index (χ4v) is 1.56. The Morgan fingerprint density at radius 3 is 2.55 bits per heavy atom. The number of hydrogen-bond acceptors (Lipinski definition) is 3. The first-order valence-corrected chi connectivity index (χ1v) is 5.92. The van der Waals surface area contributed by atoms with Crippen molar-refractivity contribution in [1.82, 2.24) is 5.43 Å². The average molecular weight is 272 g/mol. The molecule has 0 unspecified atom stereocenters. The molecule has 2 rings (SSSR count). The Morgan fingerprint density at radius 1 is 1.20 bits per heavy atom. The summed E-state index contributed by atoms with van der Waals surface area (Å²) in [5, 5.41) is 3.78. The van der Waals surface area contributed by atoms with Gasteiger partial charge in [-0.2, -0.15) is 5.10 Å². The van der Waals surface area contributed by atoms with Crippen molar-refractivity contribution in [2.45, 2.75) is 0 Å². The standard InChI is InChI=1S/C15H13FN2O2/c1-20-12-8-6-11(7-9-12)10-17-18-15(19)13-4-2-3-5-14(13)16/h2-10H,1H3,(H,18,19). The summed E-state index contributed by atoms with van der Waals surface area (Å²) in [5.74, 6) is -0.435. The van der Waals surface area contributed by atoms with Gasteiger partial charge in [0.15, 0.2) is 0 Å². The SMILES string of the molecule is COc1ccc(C=NNC(=O)c2ccccc2F)cc1. The van der Waals surface area contributed by atoms with E-state index in [1.165, 1.54) is 24.4 Å². The van der Waals surface area contributed by atoms with Crippen LogP contribution < -0.4 is 10.2 Å². The van der Waals surface area contributed by atoms with Crippen molar-refractivity contribution in [2.24, 2.45) is 5.10 Å². The maximum Gasteiger partial charge on any atom is 0.274 e. The lowest BCUT2D eigenvalue weighted by atomic mass is 10.2. The molecule has 0 aliphatic carbocycles. The van der Waals surface area contributed by atoms with Gasteiger partial charge in [-0.15, -0.1) is 0 Å². The molecular weight excluding hydrogens is 259 g/mol. The molecule has 0 fully saturated rings. The zero-order chi connectivity index (χ0) is 14.4. The van der Waals surface area contributed by atoms with E-state index in [2.05, 4.69) is 10.5 Å². The van der Waals surface area contributed by atoms with Crippen molar-refractivity contribution >= 4 is 12.1 Å². The summed E-state index contributed by atoms with van der Waals surface area (Å²) < 4.78 is 18.4. The number of nitrogens with one attached hydrogen (secondary N) is 1. The molecule has 4 nitrogen and oxygen atoms in total. The third kappa shape index (κ3) is 3.41. The van der Waals surface area contributed by atoms with Crippen LogP contribution in [-0.4, -0.2) is 19.2 Å². The molecule has 0 atom stereocenters. The van der Waals surface area contributed by atoms with Crippen LogP contribution in [0, 0.1) is 5.82 Å². The van der Waals surface area contributed by atoms with Gasteiger partial charge >= 0.3 is 0 Å². The van der Waals surface area contributed by atoms with Crippen molar-refractivity contribution < 1.29 is 13.9 Å². The summed E-state index contributed by atoms with van der Waals surface area (Å²) in [6.07, 6.45) is 1.47. The van der Waals surface area contributed by atoms with Gasteiger partial charge in [-0.05, 0) is 42.0 Å². The number of halogens is 1. The molecule has 1 N–H and O–H groups in total. The van der Waals surface area contributed by atoms with Crippen molar-refractivity contribution in [2.75, 3.05) is 7.11 Å². The Bertz CT molecular complexity index is 624. The third-order valence-electron chi connectivity index (χ3n) is 2.61. The zero-order valence-electron chi connectivity index (χ0n) is 10.8. The lowest BCUT2D eigenvalue weighted by Gasteiger charge is -2.01. The van der Waals surface area contributed by atoms with Gasteiger partial charge in [0, 0.05) is 0 Å². The summed E-state index contributed by atoms with van der Waals surface area (Å²) in [6.45, 7) is 0. The Balaban J connectivity index is 1.99. The quantitative estimate of drug-likeness (QED) is 0.687. The number of methoxy groups -OCH3 is 1. The molecule has 0 saturated carbocycles. The van der Waals surface area contributed by atoms with E-state index in [0.29, 0.717) is 0 Å². The van der Waals surface area contributed by atoms with Crippen molar-refractivity contribution in [3.05, 3.63) is 65.5 Å². The summed E-state index contributed by atoms with van der Waals surface area (Å²) >= 11 is 0. The molecule has 0 aromatic heterocycles. The van der Waals surface area contributed by atoms with Crippen LogP contribution in [0.25, 0.3) is 0 Å². The van der Waals surface area contributed by atoms with E-state index in [-0.39, 0.29) is 5.56 Å². The van der Waals surface area contributed by atoms with Gasteiger partial charge in [0.05, 0.1) is 18.9 Å². The topological polar surface area (TPSA) is 50.7 Å². The smallest absolute Gasteiger partial charge is 0.274 e. The molecule has 0 saturated heterocycles. The minimum atomic E-state index is -0.590. The largest absolute Gasteiger partial charge is 0.497 e. The van der Waals surface area contributed by atoms with Gasteiger partial charge in [-0.1, -0.05) is 12.1 Å². The van der Waals surface area contributed by atoms with Crippen molar-refractivity contribution in [1.29, 1.82) is 0 Å². The summed E-state index contributed by atoms with van der Waals surface area (Å²) in [5.41, 5.74) is 3.03. The third-order valence-corrected chi connectivity index (χ3v) is 2.61. The van der Waals surface area contributed by atoms with Crippen LogP contribution in [0.2, 0.25) is 0 Å². The number of benzene rings is 2. The Kier molecular flexibility index (Phi) is 4.44. The number of carbonyl (C=O) groups is 1. The fraction of sp³-hybridized carbons (Fsp3) is 0.0667. The predicted molar refractivity (Wildman–Crippen MR) is 74.5 cm³/mol. The maximum absolute atomic E-state index is 13.3. The van der Waals surface area contributed by atoms with Gasteiger partial charge in [0.1, 0.15) is 11.6 Å². The number of ether oxygens (including phenoxy) is 1. The van der Waals surface area contributed by atoms with Crippen molar-refractivity contribution in [3.8, 4) is 5.75 Å². The summed E-state index contributed by atoms with van der Waals surface area (Å²) in [6, 6.07) is 12.9. The molecule has 0 radical (unpaired) electrons. The number of carbonyl (C=O) groups excluding carboxylic acids is 1. The van der Waals surface area contributed by atoms with E-state index in [1.54, 1.807) is 37.4 Å². The summed E-state index contributed by atoms with van der Waals surface area (Å²) in [7, 11) is 1.58. The number of nitrogens with zero attached hydrogens (tertiary/aromatic N) is 1. The molecule has 2 aromatic rings. The monoisotopic (exact) mass is 272 g/mol. The molecule has 5 heteroatoms. The van der Waals surface area contributed by atoms with E-state index < -0.39 is 11.7 Å². The molecule has 102 valence electrons. The Labute approximate surface area is 115 Å². The van der Waals surface area contributed by atoms with Crippen LogP contribution >= 0.6 is 0 Å². The molecule has 0 bridgehead atoms. The van der Waals surface area contributed by atoms with Gasteiger partial charge < -0.3 is 4.74 Å². The fourth-order valence-electron chi connectivity index (χ4n) is 1.56. The first-order valence-electron chi connectivity index (χ1n) is 5.92. The highest BCUT2D eigenvalue weighted by Gasteiger charge is 2.08. The lowest BCUT2D eigenvalue weighted by molar-refractivity contribution is 0.0951. The minimum Gasteiger partial charge on any atom is -0.497 e. The first-order chi connectivity index (χ1) is 9.70. The van der Waals surface area contributed by atoms with Crippen LogP contribution in [0.15, 0.2) is 53.6 Å². The van der Waals surface area contributed by atoms with Crippen LogP contribution in [0.1, 0.15) is 15.9 Å². The second-order valence-electron chi connectivity index (χ2n) is 3.95. The van der Waals surface area contributed by atoms with Crippen LogP contribution in [0.3, 0.4) is 0 Å². The maximum atomic E-state index is 13.3. The van der Waals surface area contributed by atoms with E-state index in [9.17, 15) is 9.18 Å². The Morgan fingerprint density at radius 2 is 1.90 bits per heavy atom. The van der Waals surface area contributed by atoms with Gasteiger partial charge in [-0.25, -0.2) is 9.82 Å². The molecule has 1 amide bonds. The van der Waals surface area contributed by atoms with Crippen LogP contribution in [0.5, 0.6) is 5.75 Å². The van der Waals surface area contributed by atoms with E-state index >= 15 is 0 Å². The highest BCUT2D eigenvalue weighted by atomic mass is 19.1. The second kappa shape index (κ2) is 6.47. The van der Waals surface area contributed by atoms with Gasteiger partial charge in [0.2, 0.25) is 0 Å².